The van der Waals surface area contributed by atoms with E-state index in [0.717, 1.165) is 10.6 Å². The fourth-order valence-electron chi connectivity index (χ4n) is 0.970. The lowest BCUT2D eigenvalue weighted by molar-refractivity contribution is 1.18. The molecular weight excluding hydrogens is 168 g/mol. The Morgan fingerprint density at radius 3 is 2.67 bits per heavy atom. The van der Waals surface area contributed by atoms with Crippen LogP contribution in [0.1, 0.15) is 18.4 Å². The Morgan fingerprint density at radius 2 is 2.00 bits per heavy atom. The molecule has 0 nitrogen and oxygen atoms in total. The second-order valence-corrected chi connectivity index (χ2v) is 3.43. The second-order valence-electron chi connectivity index (χ2n) is 3.02. The van der Waals surface area contributed by atoms with Crippen LogP contribution in [0.2, 0.25) is 5.02 Å². The maximum absolute atomic E-state index is 5.93. The molecule has 0 aromatic heterocycles. The summed E-state index contributed by atoms with van der Waals surface area (Å²) in [7, 11) is 0. The van der Waals surface area contributed by atoms with Crippen LogP contribution in [0.15, 0.2) is 24.3 Å². The Bertz CT molecular complexity index is 340. The highest BCUT2D eigenvalue weighted by atomic mass is 35.5. The Hall–Kier alpha value is -0.930. The summed E-state index contributed by atoms with van der Waals surface area (Å²) in [6, 6.07) is 7.71. The minimum Gasteiger partial charge on any atom is -0.0944 e. The van der Waals surface area contributed by atoms with Crippen LogP contribution in [0, 0.1) is 17.8 Å². The van der Waals surface area contributed by atoms with Crippen LogP contribution in [0.3, 0.4) is 0 Å². The largest absolute Gasteiger partial charge is 0.0944 e. The third-order valence-electron chi connectivity index (χ3n) is 1.86. The lowest BCUT2D eigenvalue weighted by Crippen LogP contribution is -1.75. The number of hydrogen-bond acceptors (Lipinski definition) is 0. The Morgan fingerprint density at radius 1 is 1.25 bits per heavy atom. The summed E-state index contributed by atoms with van der Waals surface area (Å²) in [6.45, 7) is 0. The summed E-state index contributed by atoms with van der Waals surface area (Å²) in [5.41, 5.74) is 0.950. The highest BCUT2D eigenvalue weighted by molar-refractivity contribution is 6.31. The molecule has 1 aliphatic carbocycles. The number of hydrogen-bond donors (Lipinski definition) is 0. The maximum Gasteiger partial charge on any atom is 0.0562 e. The van der Waals surface area contributed by atoms with Gasteiger partial charge in [0.1, 0.15) is 0 Å². The van der Waals surface area contributed by atoms with Crippen LogP contribution in [-0.2, 0) is 0 Å². The minimum absolute atomic E-state index is 0.640. The molecule has 1 fully saturated rings. The van der Waals surface area contributed by atoms with Gasteiger partial charge in [0.2, 0.25) is 0 Å². The Kier molecular flexibility index (Phi) is 2.06. The maximum atomic E-state index is 5.93. The van der Waals surface area contributed by atoms with Crippen molar-refractivity contribution in [2.24, 2.45) is 5.92 Å². The molecule has 0 atom stereocenters. The van der Waals surface area contributed by atoms with Gasteiger partial charge in [-0.05, 0) is 25.0 Å². The van der Waals surface area contributed by atoms with Crippen molar-refractivity contribution in [1.82, 2.24) is 0 Å². The number of benzene rings is 1. The fraction of sp³-hybridized carbons (Fsp3) is 0.273. The molecule has 2 rings (SSSR count). The average Bonchev–Trinajstić information content (AvgIpc) is 2.86. The molecule has 0 bridgehead atoms. The van der Waals surface area contributed by atoms with E-state index in [0.29, 0.717) is 5.92 Å². The summed E-state index contributed by atoms with van der Waals surface area (Å²) in [5, 5.41) is 0.755. The molecule has 1 heteroatoms. The van der Waals surface area contributed by atoms with Crippen LogP contribution in [0.5, 0.6) is 0 Å². The number of rotatable bonds is 0. The van der Waals surface area contributed by atoms with Gasteiger partial charge in [-0.3, -0.25) is 0 Å². The molecular formula is C11H9Cl. The molecule has 1 saturated carbocycles. The first kappa shape index (κ1) is 7.71. The van der Waals surface area contributed by atoms with E-state index in [2.05, 4.69) is 11.8 Å². The summed E-state index contributed by atoms with van der Waals surface area (Å²) in [6.07, 6.45) is 2.52. The van der Waals surface area contributed by atoms with E-state index < -0.39 is 0 Å². The normalized spacial score (nSPS) is 15.1. The van der Waals surface area contributed by atoms with Gasteiger partial charge in [-0.1, -0.05) is 35.6 Å². The zero-order valence-electron chi connectivity index (χ0n) is 6.68. The average molecular weight is 177 g/mol. The van der Waals surface area contributed by atoms with E-state index >= 15 is 0 Å². The summed E-state index contributed by atoms with van der Waals surface area (Å²) in [5.74, 6) is 6.91. The van der Waals surface area contributed by atoms with Crippen LogP contribution < -0.4 is 0 Å². The molecule has 0 amide bonds. The summed E-state index contributed by atoms with van der Waals surface area (Å²) >= 11 is 5.93. The van der Waals surface area contributed by atoms with Gasteiger partial charge >= 0.3 is 0 Å². The molecule has 0 heterocycles. The van der Waals surface area contributed by atoms with Crippen LogP contribution in [-0.4, -0.2) is 0 Å². The van der Waals surface area contributed by atoms with Crippen molar-refractivity contribution in [3.05, 3.63) is 34.9 Å². The zero-order valence-corrected chi connectivity index (χ0v) is 7.43. The van der Waals surface area contributed by atoms with E-state index in [1.165, 1.54) is 12.8 Å². The number of halogens is 1. The van der Waals surface area contributed by atoms with Crippen molar-refractivity contribution in [3.63, 3.8) is 0 Å². The molecule has 0 radical (unpaired) electrons. The first-order valence-corrected chi connectivity index (χ1v) is 4.50. The van der Waals surface area contributed by atoms with Gasteiger partial charge in [0.15, 0.2) is 0 Å². The minimum atomic E-state index is 0.640. The first-order valence-electron chi connectivity index (χ1n) is 4.12. The van der Waals surface area contributed by atoms with E-state index in [-0.39, 0.29) is 0 Å². The molecule has 0 saturated heterocycles. The summed E-state index contributed by atoms with van der Waals surface area (Å²) < 4.78 is 0. The first-order chi connectivity index (χ1) is 5.86. The van der Waals surface area contributed by atoms with Crippen molar-refractivity contribution in [3.8, 4) is 11.8 Å². The third-order valence-corrected chi connectivity index (χ3v) is 2.19. The van der Waals surface area contributed by atoms with Crippen molar-refractivity contribution in [2.75, 3.05) is 0 Å². The molecule has 1 aromatic rings. The van der Waals surface area contributed by atoms with Gasteiger partial charge in [-0.15, -0.1) is 0 Å². The lowest BCUT2D eigenvalue weighted by atomic mass is 10.2. The monoisotopic (exact) mass is 176 g/mol. The molecule has 0 N–H and O–H groups in total. The van der Waals surface area contributed by atoms with Gasteiger partial charge in [0, 0.05) is 11.5 Å². The highest BCUT2D eigenvalue weighted by Gasteiger charge is 2.17. The molecule has 60 valence electrons. The van der Waals surface area contributed by atoms with Gasteiger partial charge in [-0.25, -0.2) is 0 Å². The van der Waals surface area contributed by atoms with Gasteiger partial charge in [0.05, 0.1) is 5.02 Å². The van der Waals surface area contributed by atoms with E-state index in [4.69, 9.17) is 11.6 Å². The van der Waals surface area contributed by atoms with Crippen molar-refractivity contribution in [1.29, 1.82) is 0 Å². The quantitative estimate of drug-likeness (QED) is 0.533. The van der Waals surface area contributed by atoms with Crippen LogP contribution in [0.25, 0.3) is 0 Å². The summed E-state index contributed by atoms with van der Waals surface area (Å²) in [4.78, 5) is 0. The SMILES string of the molecule is Clc1ccccc1C#CC1CC1. The zero-order chi connectivity index (χ0) is 8.39. The third kappa shape index (κ3) is 1.81. The fourth-order valence-corrected chi connectivity index (χ4v) is 1.15. The Labute approximate surface area is 77.6 Å². The van der Waals surface area contributed by atoms with E-state index in [1.807, 2.05) is 24.3 Å². The van der Waals surface area contributed by atoms with E-state index in [1.54, 1.807) is 0 Å². The van der Waals surface area contributed by atoms with Crippen LogP contribution >= 0.6 is 11.6 Å². The van der Waals surface area contributed by atoms with Crippen molar-refractivity contribution in [2.45, 2.75) is 12.8 Å². The molecule has 0 unspecified atom stereocenters. The van der Waals surface area contributed by atoms with Gasteiger partial charge < -0.3 is 0 Å². The Balaban J connectivity index is 2.23. The highest BCUT2D eigenvalue weighted by Crippen LogP contribution is 2.27. The van der Waals surface area contributed by atoms with Gasteiger partial charge in [-0.2, -0.15) is 0 Å². The topological polar surface area (TPSA) is 0 Å². The molecule has 12 heavy (non-hydrogen) atoms. The molecule has 1 aromatic carbocycles. The van der Waals surface area contributed by atoms with Crippen molar-refractivity contribution < 1.29 is 0 Å². The van der Waals surface area contributed by atoms with Crippen molar-refractivity contribution >= 4 is 11.6 Å². The molecule has 0 spiro atoms. The predicted molar refractivity (Wildman–Crippen MR) is 51.1 cm³/mol. The van der Waals surface area contributed by atoms with Crippen LogP contribution in [0.4, 0.5) is 0 Å². The smallest absolute Gasteiger partial charge is 0.0562 e. The second kappa shape index (κ2) is 3.21. The van der Waals surface area contributed by atoms with E-state index in [9.17, 15) is 0 Å². The predicted octanol–water partition coefficient (Wildman–Crippen LogP) is 3.10. The van der Waals surface area contributed by atoms with Gasteiger partial charge in [0.25, 0.3) is 0 Å². The lowest BCUT2D eigenvalue weighted by Gasteiger charge is -1.91. The molecule has 1 aliphatic rings. The standard InChI is InChI=1S/C11H9Cl/c12-11-4-2-1-3-10(11)8-7-9-5-6-9/h1-4,9H,5-6H2. The molecule has 0 aliphatic heterocycles.